The summed E-state index contributed by atoms with van der Waals surface area (Å²) in [5.41, 5.74) is 8.51. The van der Waals surface area contributed by atoms with Crippen molar-refractivity contribution in [2.45, 2.75) is 18.9 Å². The first kappa shape index (κ1) is 13.1. The summed E-state index contributed by atoms with van der Waals surface area (Å²) < 4.78 is 5.01. The zero-order valence-electron chi connectivity index (χ0n) is 10.1. The Morgan fingerprint density at radius 2 is 2.00 bits per heavy atom. The van der Waals surface area contributed by atoms with E-state index in [1.165, 1.54) is 6.26 Å². The van der Waals surface area contributed by atoms with Crippen molar-refractivity contribution >= 4 is 11.6 Å². The molecule has 2 unspecified atom stereocenters. The number of aliphatic hydroxyl groups excluding tert-OH is 1. The predicted molar refractivity (Wildman–Crippen MR) is 71.7 cm³/mol. The molecule has 0 radical (unpaired) electrons. The Morgan fingerprint density at radius 1 is 1.28 bits per heavy atom. The van der Waals surface area contributed by atoms with Gasteiger partial charge in [-0.15, -0.1) is 0 Å². The smallest absolute Gasteiger partial charge is 0.198 e. The molecule has 4 heteroatoms. The van der Waals surface area contributed by atoms with E-state index >= 15 is 0 Å². The summed E-state index contributed by atoms with van der Waals surface area (Å²) in [6.45, 7) is 2.34. The normalized spacial score (nSPS) is 14.4. The summed E-state index contributed by atoms with van der Waals surface area (Å²) in [4.78, 5) is 0. The highest BCUT2D eigenvalue weighted by Gasteiger charge is 2.25. The highest BCUT2D eigenvalue weighted by Crippen LogP contribution is 2.35. The number of halogens is 1. The van der Waals surface area contributed by atoms with Gasteiger partial charge in [-0.2, -0.15) is 0 Å². The third kappa shape index (κ3) is 2.43. The van der Waals surface area contributed by atoms with Gasteiger partial charge < -0.3 is 15.3 Å². The standard InChI is InChI=1S/C14H16ClNO2/c1-9-4-2-3-5-10(9)12(8-16)13(17)11-6-7-18-14(11)15/h2-7,12-13,17H,8,16H2,1H3. The topological polar surface area (TPSA) is 59.4 Å². The minimum atomic E-state index is -0.762. The summed E-state index contributed by atoms with van der Waals surface area (Å²) in [7, 11) is 0. The summed E-state index contributed by atoms with van der Waals surface area (Å²) in [5.74, 6) is -0.193. The Morgan fingerprint density at radius 3 is 2.56 bits per heavy atom. The Kier molecular flexibility index (Phi) is 4.07. The maximum atomic E-state index is 10.4. The third-order valence-electron chi connectivity index (χ3n) is 3.19. The maximum Gasteiger partial charge on any atom is 0.198 e. The van der Waals surface area contributed by atoms with Gasteiger partial charge in [-0.25, -0.2) is 0 Å². The van der Waals surface area contributed by atoms with Crippen LogP contribution in [0.25, 0.3) is 0 Å². The van der Waals surface area contributed by atoms with E-state index in [1.807, 2.05) is 31.2 Å². The van der Waals surface area contributed by atoms with Crippen molar-refractivity contribution in [1.82, 2.24) is 0 Å². The maximum absolute atomic E-state index is 10.4. The molecule has 0 saturated carbocycles. The monoisotopic (exact) mass is 265 g/mol. The van der Waals surface area contributed by atoms with Crippen LogP contribution in [0.2, 0.25) is 5.22 Å². The molecule has 0 amide bonds. The van der Waals surface area contributed by atoms with Gasteiger partial charge in [0.2, 0.25) is 0 Å². The summed E-state index contributed by atoms with van der Waals surface area (Å²) in [5, 5.41) is 10.6. The number of rotatable bonds is 4. The molecule has 3 N–H and O–H groups in total. The highest BCUT2D eigenvalue weighted by atomic mass is 35.5. The van der Waals surface area contributed by atoms with Crippen LogP contribution < -0.4 is 5.73 Å². The van der Waals surface area contributed by atoms with E-state index in [1.54, 1.807) is 6.07 Å². The molecule has 96 valence electrons. The fourth-order valence-corrected chi connectivity index (χ4v) is 2.39. The number of hydrogen-bond acceptors (Lipinski definition) is 3. The molecule has 18 heavy (non-hydrogen) atoms. The van der Waals surface area contributed by atoms with Crippen molar-refractivity contribution < 1.29 is 9.52 Å². The third-order valence-corrected chi connectivity index (χ3v) is 3.50. The second kappa shape index (κ2) is 5.57. The second-order valence-corrected chi connectivity index (χ2v) is 4.64. The molecule has 0 fully saturated rings. The molecule has 2 rings (SSSR count). The first-order valence-corrected chi connectivity index (χ1v) is 6.19. The Labute approximate surface area is 111 Å². The van der Waals surface area contributed by atoms with Crippen LogP contribution in [0.1, 0.15) is 28.7 Å². The predicted octanol–water partition coefficient (Wildman–Crippen LogP) is 3.02. The van der Waals surface area contributed by atoms with Crippen LogP contribution in [0.15, 0.2) is 41.0 Å². The van der Waals surface area contributed by atoms with Gasteiger partial charge in [0, 0.05) is 18.0 Å². The molecule has 1 aromatic carbocycles. The van der Waals surface area contributed by atoms with Gasteiger partial charge in [-0.1, -0.05) is 24.3 Å². The van der Waals surface area contributed by atoms with Crippen molar-refractivity contribution in [1.29, 1.82) is 0 Å². The van der Waals surface area contributed by atoms with Crippen LogP contribution in [-0.2, 0) is 0 Å². The minimum Gasteiger partial charge on any atom is -0.453 e. The molecule has 0 aliphatic carbocycles. The van der Waals surface area contributed by atoms with Crippen LogP contribution in [0, 0.1) is 6.92 Å². The number of benzene rings is 1. The van der Waals surface area contributed by atoms with Gasteiger partial charge in [-0.05, 0) is 35.7 Å². The van der Waals surface area contributed by atoms with E-state index in [2.05, 4.69) is 0 Å². The summed E-state index contributed by atoms with van der Waals surface area (Å²) in [6, 6.07) is 9.55. The van der Waals surface area contributed by atoms with Crippen molar-refractivity contribution in [3.63, 3.8) is 0 Å². The van der Waals surface area contributed by atoms with E-state index in [0.29, 0.717) is 12.1 Å². The minimum absolute atomic E-state index is 0.193. The molecule has 1 aromatic heterocycles. The van der Waals surface area contributed by atoms with E-state index < -0.39 is 6.10 Å². The van der Waals surface area contributed by atoms with Gasteiger partial charge in [-0.3, -0.25) is 0 Å². The largest absolute Gasteiger partial charge is 0.453 e. The number of aryl methyl sites for hydroxylation is 1. The van der Waals surface area contributed by atoms with Gasteiger partial charge >= 0.3 is 0 Å². The molecular weight excluding hydrogens is 250 g/mol. The Balaban J connectivity index is 2.35. The average Bonchev–Trinajstić information content (AvgIpc) is 2.78. The zero-order chi connectivity index (χ0) is 13.1. The van der Waals surface area contributed by atoms with Crippen molar-refractivity contribution in [2.75, 3.05) is 6.54 Å². The van der Waals surface area contributed by atoms with Crippen molar-refractivity contribution in [3.05, 3.63) is 58.5 Å². The van der Waals surface area contributed by atoms with Crippen LogP contribution in [0.3, 0.4) is 0 Å². The molecule has 0 saturated heterocycles. The quantitative estimate of drug-likeness (QED) is 0.893. The number of nitrogens with two attached hydrogens (primary N) is 1. The lowest BCUT2D eigenvalue weighted by Gasteiger charge is -2.22. The zero-order valence-corrected chi connectivity index (χ0v) is 10.9. The molecule has 2 atom stereocenters. The summed E-state index contributed by atoms with van der Waals surface area (Å²) >= 11 is 5.90. The highest BCUT2D eigenvalue weighted by molar-refractivity contribution is 6.29. The van der Waals surface area contributed by atoms with Gasteiger partial charge in [0.15, 0.2) is 5.22 Å². The van der Waals surface area contributed by atoms with E-state index in [-0.39, 0.29) is 11.1 Å². The molecule has 0 aliphatic rings. The first-order chi connectivity index (χ1) is 8.65. The fourth-order valence-electron chi connectivity index (χ4n) is 2.16. The van der Waals surface area contributed by atoms with Crippen LogP contribution in [0.4, 0.5) is 0 Å². The first-order valence-electron chi connectivity index (χ1n) is 5.81. The average molecular weight is 266 g/mol. The lowest BCUT2D eigenvalue weighted by molar-refractivity contribution is 0.146. The second-order valence-electron chi connectivity index (χ2n) is 4.29. The van der Waals surface area contributed by atoms with Crippen LogP contribution >= 0.6 is 11.6 Å². The lowest BCUT2D eigenvalue weighted by atomic mass is 9.88. The van der Waals surface area contributed by atoms with Gasteiger partial charge in [0.05, 0.1) is 12.4 Å². The molecule has 3 nitrogen and oxygen atoms in total. The molecule has 0 aliphatic heterocycles. The Bertz CT molecular complexity index is 524. The number of aliphatic hydroxyl groups is 1. The molecule has 0 spiro atoms. The van der Waals surface area contributed by atoms with E-state index in [9.17, 15) is 5.11 Å². The van der Waals surface area contributed by atoms with Crippen molar-refractivity contribution in [2.24, 2.45) is 5.73 Å². The molecular formula is C14H16ClNO2. The van der Waals surface area contributed by atoms with Crippen LogP contribution in [-0.4, -0.2) is 11.7 Å². The lowest BCUT2D eigenvalue weighted by Crippen LogP contribution is -2.20. The number of hydrogen-bond donors (Lipinski definition) is 2. The van der Waals surface area contributed by atoms with Gasteiger partial charge in [0.1, 0.15) is 0 Å². The Hall–Kier alpha value is -1.29. The van der Waals surface area contributed by atoms with E-state index in [0.717, 1.165) is 11.1 Å². The van der Waals surface area contributed by atoms with Gasteiger partial charge in [0.25, 0.3) is 0 Å². The summed E-state index contributed by atoms with van der Waals surface area (Å²) in [6.07, 6.45) is 0.703. The van der Waals surface area contributed by atoms with Crippen molar-refractivity contribution in [3.8, 4) is 0 Å². The fraction of sp³-hybridized carbons (Fsp3) is 0.286. The van der Waals surface area contributed by atoms with Crippen LogP contribution in [0.5, 0.6) is 0 Å². The molecule has 1 heterocycles. The SMILES string of the molecule is Cc1ccccc1C(CN)C(O)c1ccoc1Cl. The molecule has 0 bridgehead atoms. The van der Waals surface area contributed by atoms with E-state index in [4.69, 9.17) is 21.8 Å². The number of furan rings is 1. The molecule has 2 aromatic rings.